The Bertz CT molecular complexity index is 886. The number of benzene rings is 2. The Kier molecular flexibility index (Phi) is 7.55. The molecule has 0 bridgehead atoms. The van der Waals surface area contributed by atoms with E-state index in [0.717, 1.165) is 11.1 Å². The Labute approximate surface area is 171 Å². The average Bonchev–Trinajstić information content (AvgIpc) is 3.18. The van der Waals surface area contributed by atoms with Crippen molar-refractivity contribution in [1.29, 1.82) is 0 Å². The third-order valence-electron chi connectivity index (χ3n) is 4.64. The zero-order valence-electron chi connectivity index (χ0n) is 17.0. The predicted molar refractivity (Wildman–Crippen MR) is 113 cm³/mol. The molecule has 3 rings (SSSR count). The molecule has 0 saturated carbocycles. The molecular formula is C23H27N3O3. The second kappa shape index (κ2) is 10.5. The number of nitrogens with zero attached hydrogens (tertiary/aromatic N) is 3. The molecule has 0 aliphatic heterocycles. The monoisotopic (exact) mass is 393 g/mol. The minimum atomic E-state index is -0.0720. The first kappa shape index (κ1) is 20.8. The fourth-order valence-electron chi connectivity index (χ4n) is 3.13. The molecule has 0 saturated heterocycles. The summed E-state index contributed by atoms with van der Waals surface area (Å²) in [6, 6.07) is 19.9. The van der Waals surface area contributed by atoms with E-state index in [1.165, 1.54) is 0 Å². The van der Waals surface area contributed by atoms with E-state index in [9.17, 15) is 4.79 Å². The summed E-state index contributed by atoms with van der Waals surface area (Å²) in [6.45, 7) is 2.53. The van der Waals surface area contributed by atoms with Gasteiger partial charge in [-0.2, -0.15) is 5.10 Å². The highest BCUT2D eigenvalue weighted by Gasteiger charge is 2.23. The molecule has 152 valence electrons. The molecule has 0 unspecified atom stereocenters. The SMILES string of the molecule is COCCN(CCOC)C(=O)c1cn(Cc2ccccc2)nc1-c1ccccc1. The number of methoxy groups -OCH3 is 2. The third-order valence-corrected chi connectivity index (χ3v) is 4.64. The number of carbonyl (C=O) groups is 1. The molecule has 0 spiro atoms. The molecule has 29 heavy (non-hydrogen) atoms. The van der Waals surface area contributed by atoms with Gasteiger partial charge in [-0.15, -0.1) is 0 Å². The van der Waals surface area contributed by atoms with Gasteiger partial charge in [0.1, 0.15) is 5.69 Å². The van der Waals surface area contributed by atoms with E-state index in [1.54, 1.807) is 19.1 Å². The van der Waals surface area contributed by atoms with Gasteiger partial charge in [-0.05, 0) is 5.56 Å². The van der Waals surface area contributed by atoms with E-state index in [0.29, 0.717) is 44.1 Å². The Morgan fingerprint density at radius 2 is 1.52 bits per heavy atom. The van der Waals surface area contributed by atoms with Gasteiger partial charge in [-0.3, -0.25) is 9.48 Å². The van der Waals surface area contributed by atoms with Gasteiger partial charge >= 0.3 is 0 Å². The van der Waals surface area contributed by atoms with Crippen molar-refractivity contribution in [1.82, 2.24) is 14.7 Å². The van der Waals surface area contributed by atoms with Gasteiger partial charge in [-0.1, -0.05) is 60.7 Å². The van der Waals surface area contributed by atoms with Gasteiger partial charge in [0.05, 0.1) is 25.3 Å². The number of ether oxygens (including phenoxy) is 2. The molecule has 6 heteroatoms. The summed E-state index contributed by atoms with van der Waals surface area (Å²) >= 11 is 0. The first-order chi connectivity index (χ1) is 14.2. The van der Waals surface area contributed by atoms with E-state index in [4.69, 9.17) is 14.6 Å². The Morgan fingerprint density at radius 1 is 0.931 bits per heavy atom. The van der Waals surface area contributed by atoms with Crippen molar-refractivity contribution in [3.8, 4) is 11.3 Å². The zero-order chi connectivity index (χ0) is 20.5. The summed E-state index contributed by atoms with van der Waals surface area (Å²) in [5.41, 5.74) is 3.32. The highest BCUT2D eigenvalue weighted by atomic mass is 16.5. The smallest absolute Gasteiger partial charge is 0.257 e. The van der Waals surface area contributed by atoms with Crippen molar-refractivity contribution in [2.24, 2.45) is 0 Å². The molecule has 2 aromatic carbocycles. The maximum Gasteiger partial charge on any atom is 0.257 e. The van der Waals surface area contributed by atoms with Crippen LogP contribution in [0.4, 0.5) is 0 Å². The van der Waals surface area contributed by atoms with Crippen LogP contribution in [-0.4, -0.2) is 61.1 Å². The second-order valence-corrected chi connectivity index (χ2v) is 6.72. The van der Waals surface area contributed by atoms with Crippen LogP contribution in [0.5, 0.6) is 0 Å². The second-order valence-electron chi connectivity index (χ2n) is 6.72. The summed E-state index contributed by atoms with van der Waals surface area (Å²) in [5.74, 6) is -0.0720. The van der Waals surface area contributed by atoms with E-state index >= 15 is 0 Å². The molecule has 3 aromatic rings. The fraction of sp³-hybridized carbons (Fsp3) is 0.304. The van der Waals surface area contributed by atoms with E-state index in [-0.39, 0.29) is 5.91 Å². The number of rotatable bonds is 10. The van der Waals surface area contributed by atoms with E-state index < -0.39 is 0 Å². The molecule has 0 atom stereocenters. The van der Waals surface area contributed by atoms with Crippen LogP contribution in [0, 0.1) is 0 Å². The lowest BCUT2D eigenvalue weighted by Crippen LogP contribution is -2.36. The van der Waals surface area contributed by atoms with Crippen LogP contribution < -0.4 is 0 Å². The molecule has 6 nitrogen and oxygen atoms in total. The number of hydrogen-bond donors (Lipinski definition) is 0. The summed E-state index contributed by atoms with van der Waals surface area (Å²) in [6.07, 6.45) is 1.84. The molecule has 1 aromatic heterocycles. The fourth-order valence-corrected chi connectivity index (χ4v) is 3.13. The van der Waals surface area contributed by atoms with Crippen molar-refractivity contribution in [2.45, 2.75) is 6.54 Å². The summed E-state index contributed by atoms with van der Waals surface area (Å²) < 4.78 is 12.2. The maximum atomic E-state index is 13.4. The number of carbonyl (C=O) groups excluding carboxylic acids is 1. The van der Waals surface area contributed by atoms with Crippen molar-refractivity contribution in [2.75, 3.05) is 40.5 Å². The van der Waals surface area contributed by atoms with Crippen LogP contribution >= 0.6 is 0 Å². The average molecular weight is 393 g/mol. The lowest BCUT2D eigenvalue weighted by atomic mass is 10.1. The molecule has 0 fully saturated rings. The minimum Gasteiger partial charge on any atom is -0.383 e. The van der Waals surface area contributed by atoms with Crippen molar-refractivity contribution in [3.05, 3.63) is 78.0 Å². The van der Waals surface area contributed by atoms with E-state index in [1.807, 2.05) is 59.4 Å². The van der Waals surface area contributed by atoms with Crippen LogP contribution in [0.1, 0.15) is 15.9 Å². The quantitative estimate of drug-likeness (QED) is 0.530. The van der Waals surface area contributed by atoms with Gasteiger partial charge < -0.3 is 14.4 Å². The molecule has 1 heterocycles. The predicted octanol–water partition coefficient (Wildman–Crippen LogP) is 3.33. The first-order valence-electron chi connectivity index (χ1n) is 9.67. The maximum absolute atomic E-state index is 13.4. The lowest BCUT2D eigenvalue weighted by Gasteiger charge is -2.22. The Morgan fingerprint density at radius 3 is 2.10 bits per heavy atom. The van der Waals surface area contributed by atoms with Gasteiger partial charge in [0.2, 0.25) is 0 Å². The number of amides is 1. The van der Waals surface area contributed by atoms with Crippen LogP contribution in [0.15, 0.2) is 66.9 Å². The summed E-state index contributed by atoms with van der Waals surface area (Å²) in [5, 5.41) is 4.75. The number of aromatic nitrogens is 2. The molecule has 0 N–H and O–H groups in total. The topological polar surface area (TPSA) is 56.6 Å². The largest absolute Gasteiger partial charge is 0.383 e. The Balaban J connectivity index is 1.94. The van der Waals surface area contributed by atoms with Crippen LogP contribution in [0.2, 0.25) is 0 Å². The summed E-state index contributed by atoms with van der Waals surface area (Å²) in [7, 11) is 3.26. The standard InChI is InChI=1S/C23H27N3O3/c1-28-15-13-25(14-16-29-2)23(27)21-18-26(17-19-9-5-3-6-10-19)24-22(21)20-11-7-4-8-12-20/h3-12,18H,13-17H2,1-2H3. The van der Waals surface area contributed by atoms with Gasteiger partial charge in [0.25, 0.3) is 5.91 Å². The minimum absolute atomic E-state index is 0.0720. The van der Waals surface area contributed by atoms with Crippen LogP contribution in [0.25, 0.3) is 11.3 Å². The highest BCUT2D eigenvalue weighted by Crippen LogP contribution is 2.24. The first-order valence-corrected chi connectivity index (χ1v) is 9.67. The van der Waals surface area contributed by atoms with Crippen LogP contribution in [0.3, 0.4) is 0 Å². The van der Waals surface area contributed by atoms with Gasteiger partial charge in [0.15, 0.2) is 0 Å². The molecule has 1 amide bonds. The van der Waals surface area contributed by atoms with Crippen molar-refractivity contribution >= 4 is 5.91 Å². The van der Waals surface area contributed by atoms with Crippen LogP contribution in [-0.2, 0) is 16.0 Å². The lowest BCUT2D eigenvalue weighted by molar-refractivity contribution is 0.0628. The molecule has 0 aliphatic carbocycles. The highest BCUT2D eigenvalue weighted by molar-refractivity contribution is 5.99. The van der Waals surface area contributed by atoms with Crippen molar-refractivity contribution < 1.29 is 14.3 Å². The van der Waals surface area contributed by atoms with Gasteiger partial charge in [0, 0.05) is 39.1 Å². The number of hydrogen-bond acceptors (Lipinski definition) is 4. The van der Waals surface area contributed by atoms with Crippen molar-refractivity contribution in [3.63, 3.8) is 0 Å². The molecular weight excluding hydrogens is 366 g/mol. The Hall–Kier alpha value is -2.96. The van der Waals surface area contributed by atoms with E-state index in [2.05, 4.69) is 12.1 Å². The summed E-state index contributed by atoms with van der Waals surface area (Å²) in [4.78, 5) is 15.1. The third kappa shape index (κ3) is 5.53. The molecule has 0 radical (unpaired) electrons. The zero-order valence-corrected chi connectivity index (χ0v) is 17.0. The normalized spacial score (nSPS) is 10.8. The molecule has 0 aliphatic rings. The van der Waals surface area contributed by atoms with Gasteiger partial charge in [-0.25, -0.2) is 0 Å².